The summed E-state index contributed by atoms with van der Waals surface area (Å²) in [6.45, 7) is 0. The second-order valence-corrected chi connectivity index (χ2v) is 7.77. The SMILES string of the molecule is Brc1cc2c(ccc3c4ccccc4c(Br)cc32)c2ccccc12. The summed E-state index contributed by atoms with van der Waals surface area (Å²) < 4.78 is 2.28. The van der Waals surface area contributed by atoms with Gasteiger partial charge >= 0.3 is 0 Å². The summed E-state index contributed by atoms with van der Waals surface area (Å²) in [5.74, 6) is 0. The van der Waals surface area contributed by atoms with Gasteiger partial charge in [0.05, 0.1) is 0 Å². The van der Waals surface area contributed by atoms with Crippen LogP contribution in [0.2, 0.25) is 0 Å². The van der Waals surface area contributed by atoms with Crippen molar-refractivity contribution in [3.8, 4) is 0 Å². The number of halogens is 2. The number of hydrogen-bond acceptors (Lipinski definition) is 0. The largest absolute Gasteiger partial charge is 0.0616 e. The van der Waals surface area contributed by atoms with Gasteiger partial charge in [-0.2, -0.15) is 0 Å². The van der Waals surface area contributed by atoms with E-state index in [2.05, 4.69) is 105 Å². The second kappa shape index (κ2) is 5.30. The number of hydrogen-bond donors (Lipinski definition) is 0. The third kappa shape index (κ3) is 1.96. The van der Waals surface area contributed by atoms with Crippen molar-refractivity contribution in [1.82, 2.24) is 0 Å². The molecule has 0 N–H and O–H groups in total. The molecule has 5 rings (SSSR count). The van der Waals surface area contributed by atoms with Crippen LogP contribution in [0.3, 0.4) is 0 Å². The standard InChI is InChI=1S/C22H12Br2/c23-21-11-19-15(13-5-1-3-7-17(13)21)9-10-16-14-6-2-4-8-18(14)22(24)12-20(16)19/h1-12H. The normalized spacial score (nSPS) is 11.8. The first-order valence-electron chi connectivity index (χ1n) is 7.85. The maximum absolute atomic E-state index is 3.76. The molecule has 0 aliphatic rings. The van der Waals surface area contributed by atoms with Gasteiger partial charge in [-0.3, -0.25) is 0 Å². The maximum Gasteiger partial charge on any atom is 0.0260 e. The van der Waals surface area contributed by atoms with Crippen molar-refractivity contribution < 1.29 is 0 Å². The molecule has 0 spiro atoms. The van der Waals surface area contributed by atoms with Crippen molar-refractivity contribution in [2.24, 2.45) is 0 Å². The van der Waals surface area contributed by atoms with Crippen LogP contribution in [0.15, 0.2) is 81.7 Å². The van der Waals surface area contributed by atoms with Gasteiger partial charge < -0.3 is 0 Å². The molecule has 0 atom stereocenters. The molecule has 24 heavy (non-hydrogen) atoms. The Labute approximate surface area is 156 Å². The summed E-state index contributed by atoms with van der Waals surface area (Å²) in [7, 11) is 0. The summed E-state index contributed by atoms with van der Waals surface area (Å²) in [6.07, 6.45) is 0. The zero-order valence-electron chi connectivity index (χ0n) is 12.7. The average Bonchev–Trinajstić information content (AvgIpc) is 2.62. The van der Waals surface area contributed by atoms with Crippen molar-refractivity contribution in [2.45, 2.75) is 0 Å². The Hall–Kier alpha value is -1.90. The highest BCUT2D eigenvalue weighted by Crippen LogP contribution is 2.39. The summed E-state index contributed by atoms with van der Waals surface area (Å²) in [6, 6.07) is 26.1. The lowest BCUT2D eigenvalue weighted by Gasteiger charge is -2.12. The van der Waals surface area contributed by atoms with E-state index < -0.39 is 0 Å². The van der Waals surface area contributed by atoms with Crippen LogP contribution in [0, 0.1) is 0 Å². The van der Waals surface area contributed by atoms with E-state index in [1.165, 1.54) is 43.1 Å². The van der Waals surface area contributed by atoms with E-state index >= 15 is 0 Å². The third-order valence-electron chi connectivity index (χ3n) is 4.78. The first-order valence-corrected chi connectivity index (χ1v) is 9.43. The van der Waals surface area contributed by atoms with Crippen molar-refractivity contribution in [1.29, 1.82) is 0 Å². The third-order valence-corrected chi connectivity index (χ3v) is 6.09. The van der Waals surface area contributed by atoms with E-state index in [1.807, 2.05) is 0 Å². The minimum absolute atomic E-state index is 1.14. The summed E-state index contributed by atoms with van der Waals surface area (Å²) >= 11 is 7.52. The average molecular weight is 436 g/mol. The highest BCUT2D eigenvalue weighted by molar-refractivity contribution is 9.11. The molecule has 5 aromatic rings. The molecule has 0 heterocycles. The second-order valence-electron chi connectivity index (χ2n) is 6.06. The molecule has 5 aromatic carbocycles. The molecule has 0 amide bonds. The van der Waals surface area contributed by atoms with E-state index in [0.29, 0.717) is 0 Å². The van der Waals surface area contributed by atoms with Gasteiger partial charge in [0, 0.05) is 8.95 Å². The molecule has 0 radical (unpaired) electrons. The van der Waals surface area contributed by atoms with Gasteiger partial charge in [0.15, 0.2) is 0 Å². The van der Waals surface area contributed by atoms with Crippen molar-refractivity contribution in [3.05, 3.63) is 81.7 Å². The quantitative estimate of drug-likeness (QED) is 0.217. The Morgan fingerprint density at radius 1 is 0.375 bits per heavy atom. The Balaban J connectivity index is 2.08. The molecule has 0 nitrogen and oxygen atoms in total. The van der Waals surface area contributed by atoms with Gasteiger partial charge in [-0.15, -0.1) is 0 Å². The van der Waals surface area contributed by atoms with Crippen LogP contribution in [0.1, 0.15) is 0 Å². The first kappa shape index (κ1) is 14.4. The van der Waals surface area contributed by atoms with E-state index in [4.69, 9.17) is 0 Å². The van der Waals surface area contributed by atoms with E-state index in [0.717, 1.165) is 8.95 Å². The van der Waals surface area contributed by atoms with Crippen LogP contribution in [0.5, 0.6) is 0 Å². The van der Waals surface area contributed by atoms with Crippen molar-refractivity contribution in [2.75, 3.05) is 0 Å². The predicted octanol–water partition coefficient (Wildman–Crippen LogP) is 7.82. The number of rotatable bonds is 0. The smallest absolute Gasteiger partial charge is 0.0260 e. The highest BCUT2D eigenvalue weighted by atomic mass is 79.9. The summed E-state index contributed by atoms with van der Waals surface area (Å²) in [4.78, 5) is 0. The van der Waals surface area contributed by atoms with E-state index in [9.17, 15) is 0 Å². The van der Waals surface area contributed by atoms with Crippen LogP contribution in [0.25, 0.3) is 43.1 Å². The Morgan fingerprint density at radius 3 is 1.12 bits per heavy atom. The molecule has 0 fully saturated rings. The van der Waals surface area contributed by atoms with Crippen molar-refractivity contribution >= 4 is 74.9 Å². The minimum Gasteiger partial charge on any atom is -0.0616 e. The predicted molar refractivity (Wildman–Crippen MR) is 112 cm³/mol. The minimum atomic E-state index is 1.14. The Kier molecular flexibility index (Phi) is 3.19. The number of fused-ring (bicyclic) bond motifs is 7. The lowest BCUT2D eigenvalue weighted by atomic mass is 9.94. The zero-order chi connectivity index (χ0) is 16.3. The Bertz CT molecular complexity index is 1170. The van der Waals surface area contributed by atoms with Gasteiger partial charge in [0.25, 0.3) is 0 Å². The van der Waals surface area contributed by atoms with E-state index in [1.54, 1.807) is 0 Å². The van der Waals surface area contributed by atoms with Gasteiger partial charge in [-0.1, -0.05) is 92.5 Å². The zero-order valence-corrected chi connectivity index (χ0v) is 15.9. The summed E-state index contributed by atoms with van der Waals surface area (Å²) in [5, 5.41) is 10.2. The van der Waals surface area contributed by atoms with Crippen LogP contribution in [0.4, 0.5) is 0 Å². The lowest BCUT2D eigenvalue weighted by molar-refractivity contribution is 1.74. The van der Waals surface area contributed by atoms with Crippen molar-refractivity contribution in [3.63, 3.8) is 0 Å². The fraction of sp³-hybridized carbons (Fsp3) is 0. The van der Waals surface area contributed by atoms with Crippen LogP contribution >= 0.6 is 31.9 Å². The van der Waals surface area contributed by atoms with Gasteiger partial charge in [-0.25, -0.2) is 0 Å². The molecule has 0 aliphatic heterocycles. The fourth-order valence-electron chi connectivity index (χ4n) is 3.68. The van der Waals surface area contributed by atoms with Crippen LogP contribution in [-0.4, -0.2) is 0 Å². The monoisotopic (exact) mass is 434 g/mol. The molecule has 0 saturated heterocycles. The molecular weight excluding hydrogens is 424 g/mol. The molecule has 0 unspecified atom stereocenters. The first-order chi connectivity index (χ1) is 11.7. The lowest BCUT2D eigenvalue weighted by Crippen LogP contribution is -1.84. The van der Waals surface area contributed by atoms with Gasteiger partial charge in [0.1, 0.15) is 0 Å². The molecule has 0 saturated carbocycles. The molecule has 2 heteroatoms. The maximum atomic E-state index is 3.76. The Morgan fingerprint density at radius 2 is 0.708 bits per heavy atom. The van der Waals surface area contributed by atoms with E-state index in [-0.39, 0.29) is 0 Å². The molecule has 0 bridgehead atoms. The summed E-state index contributed by atoms with van der Waals surface area (Å²) in [5.41, 5.74) is 0. The molecular formula is C22H12Br2. The highest BCUT2D eigenvalue weighted by Gasteiger charge is 2.11. The fourth-order valence-corrected chi connectivity index (χ4v) is 4.83. The van der Waals surface area contributed by atoms with Crippen LogP contribution < -0.4 is 0 Å². The van der Waals surface area contributed by atoms with Gasteiger partial charge in [-0.05, 0) is 55.2 Å². The topological polar surface area (TPSA) is 0 Å². The van der Waals surface area contributed by atoms with Gasteiger partial charge in [0.2, 0.25) is 0 Å². The molecule has 0 aromatic heterocycles. The van der Waals surface area contributed by atoms with Crippen LogP contribution in [-0.2, 0) is 0 Å². The molecule has 0 aliphatic carbocycles. The molecule has 114 valence electrons. The number of benzene rings is 5.